The van der Waals surface area contributed by atoms with Gasteiger partial charge in [0.05, 0.1) is 0 Å². The molecule has 16 heavy (non-hydrogen) atoms. The second-order valence-corrected chi connectivity index (χ2v) is 4.34. The van der Waals surface area contributed by atoms with Gasteiger partial charge in [0.2, 0.25) is 0 Å². The molecule has 0 aliphatic carbocycles. The summed E-state index contributed by atoms with van der Waals surface area (Å²) in [5.41, 5.74) is 2.51. The van der Waals surface area contributed by atoms with Crippen molar-refractivity contribution >= 4 is 12.4 Å². The van der Waals surface area contributed by atoms with Gasteiger partial charge in [-0.05, 0) is 25.5 Å². The number of rotatable bonds is 2. The van der Waals surface area contributed by atoms with Gasteiger partial charge in [-0.25, -0.2) is 0 Å². The van der Waals surface area contributed by atoms with Crippen molar-refractivity contribution in [3.8, 4) is 0 Å². The number of aryl methyl sites for hydroxylation is 1. The first-order valence-electron chi connectivity index (χ1n) is 5.62. The van der Waals surface area contributed by atoms with Crippen molar-refractivity contribution < 1.29 is 0 Å². The topological polar surface area (TPSA) is 28.2 Å². The van der Waals surface area contributed by atoms with Gasteiger partial charge in [-0.3, -0.25) is 9.88 Å². The average molecular weight is 242 g/mol. The molecule has 0 unspecified atom stereocenters. The summed E-state index contributed by atoms with van der Waals surface area (Å²) in [7, 11) is 0. The Morgan fingerprint density at radius 2 is 2.38 bits per heavy atom. The molecule has 0 amide bonds. The van der Waals surface area contributed by atoms with Crippen LogP contribution in [0.2, 0.25) is 0 Å². The smallest absolute Gasteiger partial charge is 0.0417 e. The number of nitrogens with one attached hydrogen (secondary N) is 1. The minimum absolute atomic E-state index is 0. The van der Waals surface area contributed by atoms with Crippen LogP contribution in [0.1, 0.15) is 18.2 Å². The van der Waals surface area contributed by atoms with E-state index in [4.69, 9.17) is 0 Å². The lowest BCUT2D eigenvalue weighted by atomic mass is 10.1. The highest BCUT2D eigenvalue weighted by atomic mass is 35.5. The second kappa shape index (κ2) is 6.18. The SMILES string of the molecule is Cc1ncccc1CN1CCN[C@@H](C)C1.Cl. The number of nitrogens with zero attached hydrogens (tertiary/aromatic N) is 2. The number of aromatic nitrogens is 1. The van der Waals surface area contributed by atoms with Crippen LogP contribution in [0.3, 0.4) is 0 Å². The van der Waals surface area contributed by atoms with Crippen LogP contribution < -0.4 is 5.32 Å². The summed E-state index contributed by atoms with van der Waals surface area (Å²) in [6, 6.07) is 4.80. The summed E-state index contributed by atoms with van der Waals surface area (Å²) in [5.74, 6) is 0. The van der Waals surface area contributed by atoms with E-state index in [-0.39, 0.29) is 12.4 Å². The Labute approximate surface area is 104 Å². The van der Waals surface area contributed by atoms with Gasteiger partial charge in [-0.2, -0.15) is 0 Å². The number of piperazine rings is 1. The molecule has 2 rings (SSSR count). The van der Waals surface area contributed by atoms with E-state index in [1.54, 1.807) is 0 Å². The van der Waals surface area contributed by atoms with Gasteiger partial charge >= 0.3 is 0 Å². The quantitative estimate of drug-likeness (QED) is 0.853. The summed E-state index contributed by atoms with van der Waals surface area (Å²) in [4.78, 5) is 6.81. The third-order valence-corrected chi connectivity index (χ3v) is 2.96. The highest BCUT2D eigenvalue weighted by molar-refractivity contribution is 5.85. The van der Waals surface area contributed by atoms with Crippen molar-refractivity contribution in [1.29, 1.82) is 0 Å². The van der Waals surface area contributed by atoms with Crippen LogP contribution in [0.25, 0.3) is 0 Å². The van der Waals surface area contributed by atoms with Crippen molar-refractivity contribution in [1.82, 2.24) is 15.2 Å². The molecule has 4 heteroatoms. The first-order valence-corrected chi connectivity index (χ1v) is 5.62. The molecule has 0 saturated carbocycles. The highest BCUT2D eigenvalue weighted by Crippen LogP contribution is 2.09. The zero-order valence-electron chi connectivity index (χ0n) is 9.94. The van der Waals surface area contributed by atoms with Crippen LogP contribution >= 0.6 is 12.4 Å². The zero-order valence-corrected chi connectivity index (χ0v) is 10.8. The van der Waals surface area contributed by atoms with E-state index in [1.165, 1.54) is 5.56 Å². The van der Waals surface area contributed by atoms with Gasteiger partial charge in [0.25, 0.3) is 0 Å². The molecule has 1 atom stereocenters. The summed E-state index contributed by atoms with van der Waals surface area (Å²) in [6.45, 7) is 8.72. The van der Waals surface area contributed by atoms with E-state index >= 15 is 0 Å². The maximum Gasteiger partial charge on any atom is 0.0417 e. The van der Waals surface area contributed by atoms with Crippen molar-refractivity contribution in [2.45, 2.75) is 26.4 Å². The molecule has 0 aromatic carbocycles. The minimum Gasteiger partial charge on any atom is -0.312 e. The highest BCUT2D eigenvalue weighted by Gasteiger charge is 2.15. The van der Waals surface area contributed by atoms with Gasteiger partial charge in [0.1, 0.15) is 0 Å². The lowest BCUT2D eigenvalue weighted by Gasteiger charge is -2.32. The maximum atomic E-state index is 4.32. The molecule has 1 aliphatic rings. The number of halogens is 1. The predicted molar refractivity (Wildman–Crippen MR) is 69.0 cm³/mol. The standard InChI is InChI=1S/C12H19N3.ClH/c1-10-8-15(7-6-13-10)9-12-4-3-5-14-11(12)2;/h3-5,10,13H,6-9H2,1-2H3;1H/t10-;/m0./s1. The number of pyridine rings is 1. The number of hydrogen-bond donors (Lipinski definition) is 1. The molecule has 0 spiro atoms. The molecular weight excluding hydrogens is 222 g/mol. The molecule has 1 N–H and O–H groups in total. The molecule has 1 aromatic heterocycles. The monoisotopic (exact) mass is 241 g/mol. The van der Waals surface area contributed by atoms with Crippen LogP contribution in [0.4, 0.5) is 0 Å². The Kier molecular flexibility index (Phi) is 5.19. The van der Waals surface area contributed by atoms with Gasteiger partial charge in [0.15, 0.2) is 0 Å². The van der Waals surface area contributed by atoms with E-state index in [1.807, 2.05) is 12.3 Å². The fourth-order valence-corrected chi connectivity index (χ4v) is 2.08. The van der Waals surface area contributed by atoms with Crippen LogP contribution in [-0.2, 0) is 6.54 Å². The van der Waals surface area contributed by atoms with Crippen LogP contribution in [-0.4, -0.2) is 35.6 Å². The zero-order chi connectivity index (χ0) is 10.7. The Hall–Kier alpha value is -0.640. The average Bonchev–Trinajstić information content (AvgIpc) is 2.22. The summed E-state index contributed by atoms with van der Waals surface area (Å²) in [6.07, 6.45) is 1.86. The molecule has 1 aromatic rings. The maximum absolute atomic E-state index is 4.32. The molecule has 0 radical (unpaired) electrons. The molecule has 0 bridgehead atoms. The first-order chi connectivity index (χ1) is 7.25. The largest absolute Gasteiger partial charge is 0.312 e. The summed E-state index contributed by atoms with van der Waals surface area (Å²) < 4.78 is 0. The molecule has 90 valence electrons. The molecule has 1 fully saturated rings. The lowest BCUT2D eigenvalue weighted by Crippen LogP contribution is -2.48. The molecule has 1 aliphatic heterocycles. The third-order valence-electron chi connectivity index (χ3n) is 2.96. The Balaban J connectivity index is 0.00000128. The summed E-state index contributed by atoms with van der Waals surface area (Å²) in [5, 5.41) is 3.46. The van der Waals surface area contributed by atoms with E-state index in [2.05, 4.69) is 35.1 Å². The van der Waals surface area contributed by atoms with Crippen LogP contribution in [0.5, 0.6) is 0 Å². The van der Waals surface area contributed by atoms with Gasteiger partial charge in [-0.15, -0.1) is 12.4 Å². The molecule has 3 nitrogen and oxygen atoms in total. The number of hydrogen-bond acceptors (Lipinski definition) is 3. The van der Waals surface area contributed by atoms with Crippen LogP contribution in [0.15, 0.2) is 18.3 Å². The molecule has 2 heterocycles. The van der Waals surface area contributed by atoms with Crippen molar-refractivity contribution in [2.75, 3.05) is 19.6 Å². The van der Waals surface area contributed by atoms with E-state index in [0.717, 1.165) is 31.9 Å². The predicted octanol–water partition coefficient (Wildman–Crippen LogP) is 1.61. The van der Waals surface area contributed by atoms with Gasteiger partial charge < -0.3 is 5.32 Å². The first kappa shape index (κ1) is 13.4. The molecular formula is C12H20ClN3. The third kappa shape index (κ3) is 3.44. The fraction of sp³-hybridized carbons (Fsp3) is 0.583. The van der Waals surface area contributed by atoms with E-state index < -0.39 is 0 Å². The Morgan fingerprint density at radius 1 is 1.56 bits per heavy atom. The van der Waals surface area contributed by atoms with E-state index in [0.29, 0.717) is 6.04 Å². The van der Waals surface area contributed by atoms with Crippen molar-refractivity contribution in [2.24, 2.45) is 0 Å². The fourth-order valence-electron chi connectivity index (χ4n) is 2.08. The lowest BCUT2D eigenvalue weighted by molar-refractivity contribution is 0.199. The summed E-state index contributed by atoms with van der Waals surface area (Å²) >= 11 is 0. The Bertz CT molecular complexity index is 330. The van der Waals surface area contributed by atoms with Gasteiger partial charge in [0, 0.05) is 44.1 Å². The second-order valence-electron chi connectivity index (χ2n) is 4.34. The minimum atomic E-state index is 0. The Morgan fingerprint density at radius 3 is 3.06 bits per heavy atom. The van der Waals surface area contributed by atoms with E-state index in [9.17, 15) is 0 Å². The van der Waals surface area contributed by atoms with Gasteiger partial charge in [-0.1, -0.05) is 6.07 Å². The van der Waals surface area contributed by atoms with Crippen LogP contribution in [0, 0.1) is 6.92 Å². The molecule has 1 saturated heterocycles. The van der Waals surface area contributed by atoms with Crippen molar-refractivity contribution in [3.63, 3.8) is 0 Å². The van der Waals surface area contributed by atoms with Crippen molar-refractivity contribution in [3.05, 3.63) is 29.6 Å². The normalized spacial score (nSPS) is 21.5.